The van der Waals surface area contributed by atoms with Crippen LogP contribution in [-0.4, -0.2) is 34.9 Å². The number of halogens is 3. The van der Waals surface area contributed by atoms with Crippen molar-refractivity contribution in [3.63, 3.8) is 0 Å². The van der Waals surface area contributed by atoms with E-state index in [-0.39, 0.29) is 30.5 Å². The van der Waals surface area contributed by atoms with E-state index in [1.165, 1.54) is 4.90 Å². The number of carbonyl (C=O) groups excluding carboxylic acids is 4. The Morgan fingerprint density at radius 3 is 2.66 bits per heavy atom. The molecule has 1 atom stereocenters. The van der Waals surface area contributed by atoms with Crippen LogP contribution in [0.4, 0.5) is 13.2 Å². The zero-order chi connectivity index (χ0) is 21.2. The second-order valence-electron chi connectivity index (χ2n) is 6.81. The molecule has 29 heavy (non-hydrogen) atoms. The normalized spacial score (nSPS) is 18.8. The van der Waals surface area contributed by atoms with Crippen molar-refractivity contribution in [1.29, 1.82) is 0 Å². The van der Waals surface area contributed by atoms with Crippen LogP contribution in [0.3, 0.4) is 0 Å². The van der Waals surface area contributed by atoms with Gasteiger partial charge in [0, 0.05) is 36.9 Å². The Balaban J connectivity index is 1.95. The van der Waals surface area contributed by atoms with E-state index in [2.05, 4.69) is 17.2 Å². The van der Waals surface area contributed by atoms with Crippen LogP contribution in [0.25, 0.3) is 0 Å². The Morgan fingerprint density at radius 1 is 1.24 bits per heavy atom. The number of amides is 3. The first kappa shape index (κ1) is 20.6. The first-order valence-corrected chi connectivity index (χ1v) is 9.03. The summed E-state index contributed by atoms with van der Waals surface area (Å²) in [6.45, 7) is -0.0586. The van der Waals surface area contributed by atoms with E-state index in [4.69, 9.17) is 0 Å². The third-order valence-electron chi connectivity index (χ3n) is 4.83. The molecule has 1 aromatic rings. The number of carbonyl (C=O) groups is 4. The number of alkyl halides is 3. The zero-order valence-corrected chi connectivity index (χ0v) is 15.3. The first-order valence-electron chi connectivity index (χ1n) is 9.03. The molecule has 6 nitrogen and oxygen atoms in total. The molecule has 0 aliphatic carbocycles. The Bertz CT molecular complexity index is 944. The van der Waals surface area contributed by atoms with Crippen LogP contribution in [0.2, 0.25) is 0 Å². The van der Waals surface area contributed by atoms with Crippen LogP contribution < -0.4 is 5.32 Å². The summed E-state index contributed by atoms with van der Waals surface area (Å²) in [5.74, 6) is 3.64. The van der Waals surface area contributed by atoms with Crippen molar-refractivity contribution in [3.05, 3.63) is 34.4 Å². The number of hydrogen-bond donors (Lipinski definition) is 1. The molecule has 3 amide bonds. The highest BCUT2D eigenvalue weighted by Gasteiger charge is 2.41. The second-order valence-corrected chi connectivity index (χ2v) is 6.81. The number of rotatable bonds is 4. The van der Waals surface area contributed by atoms with Crippen molar-refractivity contribution in [2.75, 3.05) is 0 Å². The second kappa shape index (κ2) is 8.07. The summed E-state index contributed by atoms with van der Waals surface area (Å²) in [5.41, 5.74) is -0.728. The van der Waals surface area contributed by atoms with Crippen molar-refractivity contribution in [2.24, 2.45) is 0 Å². The first-order chi connectivity index (χ1) is 13.7. The van der Waals surface area contributed by atoms with Gasteiger partial charge in [-0.1, -0.05) is 11.8 Å². The van der Waals surface area contributed by atoms with E-state index in [0.717, 1.165) is 18.4 Å². The summed E-state index contributed by atoms with van der Waals surface area (Å²) >= 11 is 0. The summed E-state index contributed by atoms with van der Waals surface area (Å²) in [4.78, 5) is 47.8. The molecular formula is C20H17F3N2O4. The van der Waals surface area contributed by atoms with E-state index in [0.29, 0.717) is 24.8 Å². The van der Waals surface area contributed by atoms with Gasteiger partial charge in [-0.05, 0) is 30.5 Å². The van der Waals surface area contributed by atoms with Crippen LogP contribution in [-0.2, 0) is 27.1 Å². The Kier molecular flexibility index (Phi) is 5.73. The maximum absolute atomic E-state index is 13.3. The summed E-state index contributed by atoms with van der Waals surface area (Å²) in [5, 5.41) is 2.15. The molecule has 1 N–H and O–H groups in total. The lowest BCUT2D eigenvalue weighted by atomic mass is 9.99. The minimum Gasteiger partial charge on any atom is -0.322 e. The molecule has 2 aliphatic rings. The standard InChI is InChI=1S/C20H17F3N2O4/c21-20(22,23)13-9-12(5-3-1-2-4-8-26)15-11-25(19(29)14(15)10-13)16-6-7-17(27)24-18(16)28/h8-10,16H,1-2,4,6-7,11H2,(H,24,27,28). The number of fused-ring (bicyclic) bond motifs is 1. The van der Waals surface area contributed by atoms with Crippen molar-refractivity contribution in [2.45, 2.75) is 50.9 Å². The van der Waals surface area contributed by atoms with Gasteiger partial charge in [0.1, 0.15) is 12.3 Å². The molecule has 0 saturated carbocycles. The molecular weight excluding hydrogens is 389 g/mol. The molecule has 3 rings (SSSR count). The zero-order valence-electron chi connectivity index (χ0n) is 15.3. The summed E-state index contributed by atoms with van der Waals surface area (Å²) < 4.78 is 39.9. The minimum absolute atomic E-state index is 0.0493. The van der Waals surface area contributed by atoms with Crippen LogP contribution in [0.15, 0.2) is 12.1 Å². The van der Waals surface area contributed by atoms with Crippen LogP contribution >= 0.6 is 0 Å². The number of aldehydes is 1. The average molecular weight is 406 g/mol. The number of nitrogens with zero attached hydrogens (tertiary/aromatic N) is 1. The van der Waals surface area contributed by atoms with Gasteiger partial charge in [-0.25, -0.2) is 0 Å². The SMILES string of the molecule is O=CCCCC#Cc1cc(C(F)(F)F)cc2c1CN(C1CCC(=O)NC1=O)C2=O. The quantitative estimate of drug-likeness (QED) is 0.360. The lowest BCUT2D eigenvalue weighted by Crippen LogP contribution is -2.52. The fourth-order valence-electron chi connectivity index (χ4n) is 3.37. The van der Waals surface area contributed by atoms with E-state index in [1.54, 1.807) is 0 Å². The predicted molar refractivity (Wildman–Crippen MR) is 94.3 cm³/mol. The fourth-order valence-corrected chi connectivity index (χ4v) is 3.37. The van der Waals surface area contributed by atoms with E-state index >= 15 is 0 Å². The van der Waals surface area contributed by atoms with E-state index in [9.17, 15) is 32.3 Å². The molecule has 0 bridgehead atoms. The topological polar surface area (TPSA) is 83.6 Å². The highest BCUT2D eigenvalue weighted by molar-refractivity contribution is 6.05. The minimum atomic E-state index is -4.66. The summed E-state index contributed by atoms with van der Waals surface area (Å²) in [6.07, 6.45) is -2.65. The number of hydrogen-bond acceptors (Lipinski definition) is 4. The van der Waals surface area contributed by atoms with Crippen LogP contribution in [0.5, 0.6) is 0 Å². The molecule has 1 aromatic carbocycles. The van der Waals surface area contributed by atoms with Gasteiger partial charge < -0.3 is 9.69 Å². The van der Waals surface area contributed by atoms with E-state index in [1.807, 2.05) is 0 Å². The molecule has 1 unspecified atom stereocenters. The number of benzene rings is 1. The van der Waals surface area contributed by atoms with Crippen LogP contribution in [0, 0.1) is 11.8 Å². The third kappa shape index (κ3) is 4.31. The molecule has 2 aliphatic heterocycles. The van der Waals surface area contributed by atoms with Crippen molar-refractivity contribution in [3.8, 4) is 11.8 Å². The Morgan fingerprint density at radius 2 is 2.00 bits per heavy atom. The molecule has 152 valence electrons. The Hall–Kier alpha value is -3.15. The summed E-state index contributed by atoms with van der Waals surface area (Å²) in [6, 6.07) is 0.754. The number of imide groups is 1. The van der Waals surface area contributed by atoms with Crippen molar-refractivity contribution in [1.82, 2.24) is 10.2 Å². The highest BCUT2D eigenvalue weighted by Crippen LogP contribution is 2.36. The van der Waals surface area contributed by atoms with Gasteiger partial charge in [0.2, 0.25) is 11.8 Å². The largest absolute Gasteiger partial charge is 0.416 e. The smallest absolute Gasteiger partial charge is 0.322 e. The molecule has 0 aromatic heterocycles. The van der Waals surface area contributed by atoms with Gasteiger partial charge in [-0.2, -0.15) is 13.2 Å². The van der Waals surface area contributed by atoms with Gasteiger partial charge in [0.15, 0.2) is 0 Å². The van der Waals surface area contributed by atoms with E-state index < -0.39 is 35.5 Å². The Labute approximate surface area is 164 Å². The summed E-state index contributed by atoms with van der Waals surface area (Å²) in [7, 11) is 0. The molecule has 0 spiro atoms. The van der Waals surface area contributed by atoms with Crippen molar-refractivity contribution >= 4 is 24.0 Å². The third-order valence-corrected chi connectivity index (χ3v) is 4.83. The number of unbranched alkanes of at least 4 members (excludes halogenated alkanes) is 2. The predicted octanol–water partition coefficient (Wildman–Crippen LogP) is 2.19. The molecule has 0 radical (unpaired) electrons. The average Bonchev–Trinajstić information content (AvgIpc) is 2.98. The molecule has 9 heteroatoms. The van der Waals surface area contributed by atoms with Gasteiger partial charge in [-0.15, -0.1) is 0 Å². The monoisotopic (exact) mass is 406 g/mol. The number of nitrogens with one attached hydrogen (secondary N) is 1. The molecule has 2 heterocycles. The highest BCUT2D eigenvalue weighted by atomic mass is 19.4. The van der Waals surface area contributed by atoms with Gasteiger partial charge >= 0.3 is 6.18 Å². The maximum atomic E-state index is 13.3. The van der Waals surface area contributed by atoms with Crippen molar-refractivity contribution < 1.29 is 32.3 Å². The lowest BCUT2D eigenvalue weighted by molar-refractivity contribution is -0.138. The molecule has 1 fully saturated rings. The van der Waals surface area contributed by atoms with Crippen LogP contribution in [0.1, 0.15) is 59.2 Å². The fraction of sp³-hybridized carbons (Fsp3) is 0.400. The van der Waals surface area contributed by atoms with Gasteiger partial charge in [0.25, 0.3) is 5.91 Å². The van der Waals surface area contributed by atoms with Gasteiger partial charge in [0.05, 0.1) is 5.56 Å². The molecule has 1 saturated heterocycles. The van der Waals surface area contributed by atoms with Gasteiger partial charge in [-0.3, -0.25) is 19.7 Å². The maximum Gasteiger partial charge on any atom is 0.416 e. The number of piperidine rings is 1. The lowest BCUT2D eigenvalue weighted by Gasteiger charge is -2.29.